The summed E-state index contributed by atoms with van der Waals surface area (Å²) >= 11 is 0. The summed E-state index contributed by atoms with van der Waals surface area (Å²) < 4.78 is 5.28. The molecule has 26 heavy (non-hydrogen) atoms. The van der Waals surface area contributed by atoms with Gasteiger partial charge in [-0.1, -0.05) is 32.0 Å². The monoisotopic (exact) mass is 363 g/mol. The van der Waals surface area contributed by atoms with Crippen molar-refractivity contribution in [1.82, 2.24) is 10.2 Å². The molecule has 1 aliphatic rings. The molecule has 0 aromatic heterocycles. The van der Waals surface area contributed by atoms with E-state index in [1.54, 1.807) is 17.0 Å². The Morgan fingerprint density at radius 1 is 1.35 bits per heavy atom. The van der Waals surface area contributed by atoms with Gasteiger partial charge in [0.15, 0.2) is 0 Å². The van der Waals surface area contributed by atoms with Gasteiger partial charge in [0, 0.05) is 36.3 Å². The van der Waals surface area contributed by atoms with E-state index in [9.17, 15) is 14.9 Å². The van der Waals surface area contributed by atoms with E-state index >= 15 is 0 Å². The van der Waals surface area contributed by atoms with E-state index in [2.05, 4.69) is 5.32 Å². The number of ether oxygens (including phenoxy) is 1. The Morgan fingerprint density at radius 3 is 2.54 bits per heavy atom. The van der Waals surface area contributed by atoms with Gasteiger partial charge < -0.3 is 15.0 Å². The molecular formula is C19H29N3O4. The maximum Gasteiger partial charge on any atom is 0.409 e. The second-order valence-electron chi connectivity index (χ2n) is 7.78. The molecule has 1 heterocycles. The van der Waals surface area contributed by atoms with Gasteiger partial charge in [-0.05, 0) is 32.6 Å². The Labute approximate surface area is 154 Å². The highest BCUT2D eigenvalue weighted by molar-refractivity contribution is 5.67. The third kappa shape index (κ3) is 5.17. The van der Waals surface area contributed by atoms with Crippen molar-refractivity contribution in [3.05, 3.63) is 39.9 Å². The molecule has 1 aromatic rings. The lowest BCUT2D eigenvalue weighted by Gasteiger charge is -2.37. The third-order valence-electron chi connectivity index (χ3n) is 4.63. The molecule has 144 valence electrons. The molecule has 0 aliphatic carbocycles. The number of amides is 1. The van der Waals surface area contributed by atoms with Crippen LogP contribution in [0, 0.1) is 16.0 Å². The number of hydrogen-bond acceptors (Lipinski definition) is 5. The maximum atomic E-state index is 12.0. The van der Waals surface area contributed by atoms with Crippen LogP contribution in [0.3, 0.4) is 0 Å². The number of hydrogen-bond donors (Lipinski definition) is 1. The molecule has 1 aliphatic heterocycles. The summed E-state index contributed by atoms with van der Waals surface area (Å²) in [7, 11) is 0. The van der Waals surface area contributed by atoms with Crippen molar-refractivity contribution in [2.45, 2.75) is 52.1 Å². The first-order valence-electron chi connectivity index (χ1n) is 9.14. The van der Waals surface area contributed by atoms with Crippen molar-refractivity contribution in [2.75, 3.05) is 19.7 Å². The number of piperidine rings is 1. The van der Waals surface area contributed by atoms with Crippen LogP contribution in [-0.4, -0.2) is 41.7 Å². The number of para-hydroxylation sites is 1. The molecule has 1 N–H and O–H groups in total. The van der Waals surface area contributed by atoms with Crippen LogP contribution in [0.15, 0.2) is 24.3 Å². The highest BCUT2D eigenvalue weighted by atomic mass is 16.6. The zero-order chi connectivity index (χ0) is 19.3. The molecular weight excluding hydrogens is 334 g/mol. The molecule has 0 unspecified atom stereocenters. The Hall–Kier alpha value is -2.15. The number of carbonyl (C=O) groups is 1. The minimum absolute atomic E-state index is 0.125. The van der Waals surface area contributed by atoms with E-state index in [0.29, 0.717) is 31.2 Å². The van der Waals surface area contributed by atoms with E-state index in [-0.39, 0.29) is 22.7 Å². The lowest BCUT2D eigenvalue weighted by Crippen LogP contribution is -2.50. The van der Waals surface area contributed by atoms with Crippen molar-refractivity contribution in [3.8, 4) is 0 Å². The van der Waals surface area contributed by atoms with Crippen LogP contribution >= 0.6 is 0 Å². The van der Waals surface area contributed by atoms with Crippen molar-refractivity contribution < 1.29 is 14.5 Å². The van der Waals surface area contributed by atoms with Crippen LogP contribution in [-0.2, 0) is 10.3 Å². The Bertz CT molecular complexity index is 637. The Balaban J connectivity index is 1.94. The predicted molar refractivity (Wildman–Crippen MR) is 100 cm³/mol. The van der Waals surface area contributed by atoms with Crippen LogP contribution in [0.5, 0.6) is 0 Å². The fourth-order valence-corrected chi connectivity index (χ4v) is 3.29. The first-order valence-corrected chi connectivity index (χ1v) is 9.14. The average Bonchev–Trinajstić information content (AvgIpc) is 2.60. The van der Waals surface area contributed by atoms with E-state index in [4.69, 9.17) is 4.74 Å². The molecule has 2 rings (SSSR count). The molecule has 7 heteroatoms. The zero-order valence-electron chi connectivity index (χ0n) is 16.0. The molecule has 0 saturated carbocycles. The number of carbonyl (C=O) groups excluding carboxylic acids is 1. The molecule has 0 bridgehead atoms. The number of nitro groups is 1. The molecule has 1 aromatic carbocycles. The van der Waals surface area contributed by atoms with Gasteiger partial charge in [0.25, 0.3) is 5.69 Å². The van der Waals surface area contributed by atoms with Gasteiger partial charge in [-0.25, -0.2) is 4.79 Å². The van der Waals surface area contributed by atoms with Crippen molar-refractivity contribution in [2.24, 2.45) is 5.92 Å². The van der Waals surface area contributed by atoms with Gasteiger partial charge in [-0.3, -0.25) is 10.1 Å². The van der Waals surface area contributed by atoms with Gasteiger partial charge in [-0.15, -0.1) is 0 Å². The minimum Gasteiger partial charge on any atom is -0.449 e. The summed E-state index contributed by atoms with van der Waals surface area (Å²) in [5.41, 5.74) is 0.262. The van der Waals surface area contributed by atoms with E-state index in [1.807, 2.05) is 33.8 Å². The van der Waals surface area contributed by atoms with Gasteiger partial charge >= 0.3 is 6.09 Å². The number of nitrogens with one attached hydrogen (secondary N) is 1. The number of likely N-dealkylation sites (tertiary alicyclic amines) is 1. The average molecular weight is 363 g/mol. The Morgan fingerprint density at radius 2 is 1.96 bits per heavy atom. The van der Waals surface area contributed by atoms with Crippen molar-refractivity contribution in [1.29, 1.82) is 0 Å². The zero-order valence-corrected chi connectivity index (χ0v) is 16.0. The number of nitro benzene ring substituents is 1. The van der Waals surface area contributed by atoms with E-state index in [0.717, 1.165) is 12.8 Å². The number of rotatable bonds is 6. The molecule has 0 radical (unpaired) electrons. The summed E-state index contributed by atoms with van der Waals surface area (Å²) in [6, 6.07) is 7.02. The molecule has 1 fully saturated rings. The van der Waals surface area contributed by atoms with E-state index < -0.39 is 5.54 Å². The molecule has 0 spiro atoms. The topological polar surface area (TPSA) is 84.7 Å². The fourth-order valence-electron chi connectivity index (χ4n) is 3.29. The summed E-state index contributed by atoms with van der Waals surface area (Å²) in [5, 5.41) is 14.8. The van der Waals surface area contributed by atoms with Gasteiger partial charge in [0.1, 0.15) is 0 Å². The quantitative estimate of drug-likeness (QED) is 0.616. The van der Waals surface area contributed by atoms with Crippen LogP contribution in [0.1, 0.15) is 46.1 Å². The second kappa shape index (κ2) is 8.49. The second-order valence-corrected chi connectivity index (χ2v) is 7.78. The molecule has 1 saturated heterocycles. The number of nitrogens with zero attached hydrogens (tertiary/aromatic N) is 2. The molecule has 0 atom stereocenters. The van der Waals surface area contributed by atoms with Crippen molar-refractivity contribution in [3.63, 3.8) is 0 Å². The summed E-state index contributed by atoms with van der Waals surface area (Å²) in [6.07, 6.45) is 1.33. The first kappa shape index (κ1) is 20.2. The van der Waals surface area contributed by atoms with Crippen LogP contribution in [0.4, 0.5) is 10.5 Å². The van der Waals surface area contributed by atoms with Gasteiger partial charge in [0.2, 0.25) is 0 Å². The smallest absolute Gasteiger partial charge is 0.409 e. The third-order valence-corrected chi connectivity index (χ3v) is 4.63. The van der Waals surface area contributed by atoms with Crippen LogP contribution < -0.4 is 5.32 Å². The summed E-state index contributed by atoms with van der Waals surface area (Å²) in [4.78, 5) is 24.7. The highest BCUT2D eigenvalue weighted by Gasteiger charge is 2.32. The van der Waals surface area contributed by atoms with Crippen LogP contribution in [0.2, 0.25) is 0 Å². The predicted octanol–water partition coefficient (Wildman–Crippen LogP) is 3.68. The fraction of sp³-hybridized carbons (Fsp3) is 0.632. The van der Waals surface area contributed by atoms with Gasteiger partial charge in [-0.2, -0.15) is 0 Å². The summed E-state index contributed by atoms with van der Waals surface area (Å²) in [6.45, 7) is 9.62. The normalized spacial score (nSPS) is 16.0. The summed E-state index contributed by atoms with van der Waals surface area (Å²) in [5.74, 6) is 0.320. The van der Waals surface area contributed by atoms with E-state index in [1.165, 1.54) is 6.07 Å². The van der Waals surface area contributed by atoms with Gasteiger partial charge in [0.05, 0.1) is 11.5 Å². The molecule has 7 nitrogen and oxygen atoms in total. The Kier molecular flexibility index (Phi) is 6.58. The van der Waals surface area contributed by atoms with Crippen molar-refractivity contribution >= 4 is 11.8 Å². The minimum atomic E-state index is -0.533. The largest absolute Gasteiger partial charge is 0.449 e. The SMILES string of the molecule is CC(C)COC(=O)N1CCC(NC(C)(C)c2ccccc2[N+](=O)[O-])CC1. The van der Waals surface area contributed by atoms with Crippen LogP contribution in [0.25, 0.3) is 0 Å². The maximum absolute atomic E-state index is 12.0. The standard InChI is InChI=1S/C19H29N3O4/c1-14(2)13-26-18(23)21-11-9-15(10-12-21)20-19(3,4)16-7-5-6-8-17(16)22(24)25/h5-8,14-15,20H,9-13H2,1-4H3. The lowest BCUT2D eigenvalue weighted by molar-refractivity contribution is -0.386. The first-order chi connectivity index (χ1) is 12.2. The highest BCUT2D eigenvalue weighted by Crippen LogP contribution is 2.30. The molecule has 1 amide bonds. The lowest BCUT2D eigenvalue weighted by atomic mass is 9.90. The number of benzene rings is 1.